The maximum Gasteiger partial charge on any atom is 0.0791 e. The van der Waals surface area contributed by atoms with Crippen molar-refractivity contribution < 1.29 is 0 Å². The van der Waals surface area contributed by atoms with Gasteiger partial charge in [-0.05, 0) is 0 Å². The molecule has 0 amide bonds. The molecule has 0 aliphatic carbocycles. The van der Waals surface area contributed by atoms with E-state index in [4.69, 9.17) is 11.8 Å². The molecule has 0 atom stereocenters. The molecule has 0 aliphatic heterocycles. The molecule has 38 valence electrons. The van der Waals surface area contributed by atoms with Gasteiger partial charge in [-0.2, -0.15) is 0 Å². The van der Waals surface area contributed by atoms with Crippen molar-refractivity contribution in [1.29, 1.82) is 5.41 Å². The van der Waals surface area contributed by atoms with Crippen molar-refractivity contribution >= 4 is 6.34 Å². The molecule has 0 aromatic rings. The quantitative estimate of drug-likeness (QED) is 0.224. The fraction of sp³-hybridized carbons (Fsp3) is 0.400. The Morgan fingerprint density at radius 1 is 1.86 bits per heavy atom. The fourth-order valence-corrected chi connectivity index (χ4v) is 0.217. The van der Waals surface area contributed by atoms with Crippen LogP contribution in [0.5, 0.6) is 0 Å². The zero-order chi connectivity index (χ0) is 5.54. The zero-order valence-electron chi connectivity index (χ0n) is 4.07. The van der Waals surface area contributed by atoms with E-state index in [2.05, 4.69) is 11.2 Å². The van der Waals surface area contributed by atoms with E-state index < -0.39 is 0 Å². The molecule has 0 fully saturated rings. The number of nitrogens with one attached hydrogen (secondary N) is 2. The van der Waals surface area contributed by atoms with Crippen molar-refractivity contribution in [1.82, 2.24) is 5.32 Å². The lowest BCUT2D eigenvalue weighted by molar-refractivity contribution is 0.916. The largest absolute Gasteiger partial charge is 0.376 e. The molecule has 0 rings (SSSR count). The first-order valence-corrected chi connectivity index (χ1v) is 2.07. The third-order valence-corrected chi connectivity index (χ3v) is 0.516. The molecule has 0 unspecified atom stereocenters. The SMILES string of the molecule is C#CCCNC=N. The van der Waals surface area contributed by atoms with Gasteiger partial charge in [0.1, 0.15) is 0 Å². The Bertz CT molecular complexity index is 80.6. The summed E-state index contributed by atoms with van der Waals surface area (Å²) in [4.78, 5) is 0. The Morgan fingerprint density at radius 3 is 3.00 bits per heavy atom. The standard InChI is InChI=1S/C5H8N2/c1-2-3-4-7-5-6/h1,5H,3-4H2,(H2,6,7). The van der Waals surface area contributed by atoms with Crippen LogP contribution in [0.15, 0.2) is 0 Å². The Hall–Kier alpha value is -0.970. The second-order valence-electron chi connectivity index (χ2n) is 1.05. The highest BCUT2D eigenvalue weighted by atomic mass is 14.9. The summed E-state index contributed by atoms with van der Waals surface area (Å²) in [5.41, 5.74) is 0. The van der Waals surface area contributed by atoms with Gasteiger partial charge in [0.05, 0.1) is 6.34 Å². The number of terminal acetylenes is 1. The van der Waals surface area contributed by atoms with E-state index in [1.165, 1.54) is 0 Å². The van der Waals surface area contributed by atoms with E-state index in [-0.39, 0.29) is 0 Å². The predicted octanol–water partition coefficient (Wildman–Crippen LogP) is 0.206. The van der Waals surface area contributed by atoms with Crippen molar-refractivity contribution in [2.75, 3.05) is 6.54 Å². The molecular formula is C5H8N2. The van der Waals surface area contributed by atoms with Gasteiger partial charge >= 0.3 is 0 Å². The van der Waals surface area contributed by atoms with Gasteiger partial charge in [0.2, 0.25) is 0 Å². The van der Waals surface area contributed by atoms with Crippen LogP contribution in [0, 0.1) is 17.8 Å². The summed E-state index contributed by atoms with van der Waals surface area (Å²) in [6, 6.07) is 0. The van der Waals surface area contributed by atoms with Gasteiger partial charge in [0, 0.05) is 13.0 Å². The summed E-state index contributed by atoms with van der Waals surface area (Å²) >= 11 is 0. The monoisotopic (exact) mass is 96.1 g/mol. The summed E-state index contributed by atoms with van der Waals surface area (Å²) in [7, 11) is 0. The number of hydrogen-bond donors (Lipinski definition) is 2. The molecular weight excluding hydrogens is 88.1 g/mol. The van der Waals surface area contributed by atoms with Crippen LogP contribution in [0.1, 0.15) is 6.42 Å². The van der Waals surface area contributed by atoms with Crippen LogP contribution in [-0.2, 0) is 0 Å². The maximum atomic E-state index is 6.48. The lowest BCUT2D eigenvalue weighted by Gasteiger charge is -1.88. The van der Waals surface area contributed by atoms with E-state index in [0.29, 0.717) is 13.0 Å². The van der Waals surface area contributed by atoms with Gasteiger partial charge in [-0.15, -0.1) is 12.3 Å². The minimum atomic E-state index is 0.690. The zero-order valence-corrected chi connectivity index (χ0v) is 4.07. The third kappa shape index (κ3) is 5.03. The minimum Gasteiger partial charge on any atom is -0.376 e. The first-order valence-electron chi connectivity index (χ1n) is 2.07. The molecule has 0 aromatic heterocycles. The van der Waals surface area contributed by atoms with Gasteiger partial charge in [-0.25, -0.2) is 0 Å². The molecule has 0 heterocycles. The van der Waals surface area contributed by atoms with Gasteiger partial charge in [0.25, 0.3) is 0 Å². The van der Waals surface area contributed by atoms with Crippen molar-refractivity contribution in [3.8, 4) is 12.3 Å². The molecule has 2 heteroatoms. The van der Waals surface area contributed by atoms with E-state index in [9.17, 15) is 0 Å². The Labute approximate surface area is 43.4 Å². The molecule has 0 saturated carbocycles. The lowest BCUT2D eigenvalue weighted by atomic mass is 10.4. The smallest absolute Gasteiger partial charge is 0.0791 e. The van der Waals surface area contributed by atoms with Crippen LogP contribution in [0.4, 0.5) is 0 Å². The number of hydrogen-bond acceptors (Lipinski definition) is 1. The van der Waals surface area contributed by atoms with Gasteiger partial charge in [-0.3, -0.25) is 5.41 Å². The molecule has 0 spiro atoms. The van der Waals surface area contributed by atoms with Crippen LogP contribution >= 0.6 is 0 Å². The summed E-state index contributed by atoms with van der Waals surface area (Å²) in [5, 5.41) is 9.12. The first kappa shape index (κ1) is 6.03. The van der Waals surface area contributed by atoms with Crippen molar-refractivity contribution in [3.63, 3.8) is 0 Å². The molecule has 0 saturated heterocycles. The van der Waals surface area contributed by atoms with Gasteiger partial charge < -0.3 is 5.32 Å². The van der Waals surface area contributed by atoms with Crippen molar-refractivity contribution in [2.24, 2.45) is 0 Å². The van der Waals surface area contributed by atoms with Crippen LogP contribution in [0.3, 0.4) is 0 Å². The summed E-state index contributed by atoms with van der Waals surface area (Å²) in [5.74, 6) is 2.44. The minimum absolute atomic E-state index is 0.690. The van der Waals surface area contributed by atoms with E-state index >= 15 is 0 Å². The van der Waals surface area contributed by atoms with E-state index in [1.807, 2.05) is 0 Å². The van der Waals surface area contributed by atoms with Crippen LogP contribution < -0.4 is 5.32 Å². The fourth-order valence-electron chi connectivity index (χ4n) is 0.217. The highest BCUT2D eigenvalue weighted by Crippen LogP contribution is 1.64. The highest BCUT2D eigenvalue weighted by molar-refractivity contribution is 5.49. The van der Waals surface area contributed by atoms with Crippen LogP contribution in [0.2, 0.25) is 0 Å². The molecule has 0 aliphatic rings. The lowest BCUT2D eigenvalue weighted by Crippen LogP contribution is -2.10. The van der Waals surface area contributed by atoms with Crippen molar-refractivity contribution in [3.05, 3.63) is 0 Å². The maximum absolute atomic E-state index is 6.48. The Kier molecular flexibility index (Phi) is 4.33. The molecule has 2 N–H and O–H groups in total. The molecule has 2 nitrogen and oxygen atoms in total. The summed E-state index contributed by atoms with van der Waals surface area (Å²) in [6.07, 6.45) is 6.73. The average molecular weight is 96.1 g/mol. The summed E-state index contributed by atoms with van der Waals surface area (Å²) < 4.78 is 0. The Morgan fingerprint density at radius 2 is 2.57 bits per heavy atom. The van der Waals surface area contributed by atoms with Gasteiger partial charge in [-0.1, -0.05) is 0 Å². The third-order valence-electron chi connectivity index (χ3n) is 0.516. The van der Waals surface area contributed by atoms with E-state index in [0.717, 1.165) is 6.34 Å². The van der Waals surface area contributed by atoms with Gasteiger partial charge in [0.15, 0.2) is 0 Å². The number of rotatable bonds is 3. The Balaban J connectivity index is 2.72. The van der Waals surface area contributed by atoms with E-state index in [1.54, 1.807) is 0 Å². The molecule has 7 heavy (non-hydrogen) atoms. The predicted molar refractivity (Wildman–Crippen MR) is 30.2 cm³/mol. The van der Waals surface area contributed by atoms with Crippen LogP contribution in [-0.4, -0.2) is 12.9 Å². The molecule has 0 aromatic carbocycles. The second-order valence-corrected chi connectivity index (χ2v) is 1.05. The topological polar surface area (TPSA) is 35.9 Å². The average Bonchev–Trinajstić information content (AvgIpc) is 1.69. The molecule has 0 radical (unpaired) electrons. The normalized spacial score (nSPS) is 6.71. The second kappa shape index (κ2) is 5.03. The van der Waals surface area contributed by atoms with Crippen LogP contribution in [0.25, 0.3) is 0 Å². The highest BCUT2D eigenvalue weighted by Gasteiger charge is 1.71. The molecule has 0 bridgehead atoms. The summed E-state index contributed by atoms with van der Waals surface area (Å²) in [6.45, 7) is 0.708. The first-order chi connectivity index (χ1) is 3.41. The van der Waals surface area contributed by atoms with Crippen molar-refractivity contribution in [2.45, 2.75) is 6.42 Å².